The van der Waals surface area contributed by atoms with Gasteiger partial charge in [-0.3, -0.25) is 0 Å². The maximum atomic E-state index is 9.94. The lowest BCUT2D eigenvalue weighted by Crippen LogP contribution is -2.43. The smallest absolute Gasteiger partial charge is 0.231 e. The second kappa shape index (κ2) is 4.33. The van der Waals surface area contributed by atoms with E-state index < -0.39 is 5.60 Å². The molecule has 0 saturated heterocycles. The zero-order chi connectivity index (χ0) is 12.5. The molecule has 94 valence electrons. The summed E-state index contributed by atoms with van der Waals surface area (Å²) in [6.07, 6.45) is 2.71. The molecule has 1 aromatic rings. The van der Waals surface area contributed by atoms with Crippen molar-refractivity contribution in [3.8, 4) is 0 Å². The number of nitrogens with zero attached hydrogens (tertiary/aromatic N) is 4. The number of hydrogen-bond donors (Lipinski definition) is 3. The van der Waals surface area contributed by atoms with Gasteiger partial charge in [-0.05, 0) is 19.3 Å². The third-order valence-electron chi connectivity index (χ3n) is 2.90. The fourth-order valence-electron chi connectivity index (χ4n) is 1.66. The van der Waals surface area contributed by atoms with Gasteiger partial charge < -0.3 is 21.1 Å². The quantitative estimate of drug-likeness (QED) is 0.670. The molecule has 1 heterocycles. The van der Waals surface area contributed by atoms with Gasteiger partial charge in [0.05, 0.1) is 5.60 Å². The van der Waals surface area contributed by atoms with Gasteiger partial charge in [-0.15, -0.1) is 0 Å². The van der Waals surface area contributed by atoms with Crippen LogP contribution in [0.25, 0.3) is 0 Å². The molecular weight excluding hydrogens is 220 g/mol. The molecule has 1 saturated carbocycles. The Kier molecular flexibility index (Phi) is 3.01. The first-order valence-corrected chi connectivity index (χ1v) is 5.64. The number of nitrogens with one attached hydrogen (secondary N) is 1. The van der Waals surface area contributed by atoms with Gasteiger partial charge in [0.15, 0.2) is 0 Å². The molecule has 0 spiro atoms. The van der Waals surface area contributed by atoms with Crippen LogP contribution in [0.15, 0.2) is 0 Å². The van der Waals surface area contributed by atoms with Gasteiger partial charge in [-0.1, -0.05) is 0 Å². The minimum Gasteiger partial charge on any atom is -0.388 e. The molecule has 7 heteroatoms. The molecule has 1 aromatic heterocycles. The Balaban J connectivity index is 2.04. The Hall–Kier alpha value is -1.63. The minimum atomic E-state index is -0.611. The third-order valence-corrected chi connectivity index (χ3v) is 2.90. The van der Waals surface area contributed by atoms with Gasteiger partial charge in [0.2, 0.25) is 17.8 Å². The topological polar surface area (TPSA) is 100 Å². The summed E-state index contributed by atoms with van der Waals surface area (Å²) in [5.74, 6) is 1.08. The van der Waals surface area contributed by atoms with E-state index in [1.165, 1.54) is 0 Å². The van der Waals surface area contributed by atoms with Crippen LogP contribution < -0.4 is 16.0 Å². The Bertz CT molecular complexity index is 404. The van der Waals surface area contributed by atoms with Crippen LogP contribution in [0.4, 0.5) is 17.8 Å². The molecule has 1 aliphatic rings. The average Bonchev–Trinajstić information content (AvgIpc) is 2.23. The monoisotopic (exact) mass is 238 g/mol. The summed E-state index contributed by atoms with van der Waals surface area (Å²) in [6.45, 7) is 0.448. The summed E-state index contributed by atoms with van der Waals surface area (Å²) in [5.41, 5.74) is 4.98. The summed E-state index contributed by atoms with van der Waals surface area (Å²) in [4.78, 5) is 13.9. The zero-order valence-electron chi connectivity index (χ0n) is 10.1. The molecule has 0 atom stereocenters. The van der Waals surface area contributed by atoms with Crippen LogP contribution in [-0.4, -0.2) is 46.3 Å². The largest absolute Gasteiger partial charge is 0.388 e. The second-order valence-corrected chi connectivity index (χ2v) is 4.64. The van der Waals surface area contributed by atoms with Crippen molar-refractivity contribution in [2.45, 2.75) is 24.9 Å². The fraction of sp³-hybridized carbons (Fsp3) is 0.700. The summed E-state index contributed by atoms with van der Waals surface area (Å²) in [5, 5.41) is 12.9. The van der Waals surface area contributed by atoms with Crippen molar-refractivity contribution in [3.05, 3.63) is 0 Å². The second-order valence-electron chi connectivity index (χ2n) is 4.64. The van der Waals surface area contributed by atoms with Crippen LogP contribution in [0.5, 0.6) is 0 Å². The molecule has 1 fully saturated rings. The van der Waals surface area contributed by atoms with E-state index in [2.05, 4.69) is 20.3 Å². The maximum absolute atomic E-state index is 9.94. The van der Waals surface area contributed by atoms with Crippen molar-refractivity contribution in [2.24, 2.45) is 0 Å². The van der Waals surface area contributed by atoms with Crippen molar-refractivity contribution < 1.29 is 5.11 Å². The lowest BCUT2D eigenvalue weighted by atomic mass is 9.80. The molecule has 0 unspecified atom stereocenters. The fourth-order valence-corrected chi connectivity index (χ4v) is 1.66. The summed E-state index contributed by atoms with van der Waals surface area (Å²) < 4.78 is 0. The van der Waals surface area contributed by atoms with E-state index in [-0.39, 0.29) is 5.95 Å². The Morgan fingerprint density at radius 3 is 2.59 bits per heavy atom. The number of aliphatic hydroxyl groups is 1. The highest BCUT2D eigenvalue weighted by Crippen LogP contribution is 2.31. The lowest BCUT2D eigenvalue weighted by molar-refractivity contribution is -0.0203. The van der Waals surface area contributed by atoms with Gasteiger partial charge in [0, 0.05) is 20.6 Å². The van der Waals surface area contributed by atoms with Crippen molar-refractivity contribution >= 4 is 17.8 Å². The Labute approximate surface area is 100 Å². The van der Waals surface area contributed by atoms with Crippen LogP contribution in [0.1, 0.15) is 19.3 Å². The van der Waals surface area contributed by atoms with Gasteiger partial charge >= 0.3 is 0 Å². The minimum absolute atomic E-state index is 0.173. The van der Waals surface area contributed by atoms with Gasteiger partial charge in [-0.2, -0.15) is 15.0 Å². The van der Waals surface area contributed by atoms with Gasteiger partial charge in [0.25, 0.3) is 0 Å². The van der Waals surface area contributed by atoms with Crippen molar-refractivity contribution in [1.29, 1.82) is 0 Å². The molecule has 4 N–H and O–H groups in total. The Morgan fingerprint density at radius 1 is 1.35 bits per heavy atom. The number of nitrogen functional groups attached to an aromatic ring is 1. The number of aromatic nitrogens is 3. The van der Waals surface area contributed by atoms with E-state index in [0.717, 1.165) is 19.3 Å². The van der Waals surface area contributed by atoms with Crippen molar-refractivity contribution in [2.75, 3.05) is 36.6 Å². The SMILES string of the molecule is CN(C)c1nc(N)nc(NCC2(O)CCC2)n1. The third kappa shape index (κ3) is 2.73. The predicted octanol–water partition coefficient (Wildman–Crippen LogP) is -0.153. The standard InChI is InChI=1S/C10H18N6O/c1-16(2)9-14-7(11)13-8(15-9)12-6-10(17)4-3-5-10/h17H,3-6H2,1-2H3,(H3,11,12,13,14,15). The van der Waals surface area contributed by atoms with Crippen LogP contribution >= 0.6 is 0 Å². The van der Waals surface area contributed by atoms with Crippen LogP contribution in [0.3, 0.4) is 0 Å². The van der Waals surface area contributed by atoms with E-state index in [9.17, 15) is 5.11 Å². The van der Waals surface area contributed by atoms with Gasteiger partial charge in [-0.25, -0.2) is 0 Å². The predicted molar refractivity (Wildman–Crippen MR) is 65.9 cm³/mol. The molecule has 0 aliphatic heterocycles. The molecule has 0 radical (unpaired) electrons. The first-order valence-electron chi connectivity index (χ1n) is 5.64. The molecular formula is C10H18N6O. The highest BCUT2D eigenvalue weighted by Gasteiger charge is 2.34. The number of hydrogen-bond acceptors (Lipinski definition) is 7. The van der Waals surface area contributed by atoms with Gasteiger partial charge in [0.1, 0.15) is 0 Å². The molecule has 2 rings (SSSR count). The van der Waals surface area contributed by atoms with E-state index >= 15 is 0 Å². The highest BCUT2D eigenvalue weighted by atomic mass is 16.3. The molecule has 17 heavy (non-hydrogen) atoms. The Morgan fingerprint density at radius 2 is 2.06 bits per heavy atom. The van der Waals surface area contributed by atoms with E-state index in [1.807, 2.05) is 14.1 Å². The zero-order valence-corrected chi connectivity index (χ0v) is 10.1. The number of nitrogens with two attached hydrogens (primary N) is 1. The normalized spacial score (nSPS) is 17.4. The molecule has 0 amide bonds. The summed E-state index contributed by atoms with van der Waals surface area (Å²) >= 11 is 0. The van der Waals surface area contributed by atoms with E-state index in [0.29, 0.717) is 18.4 Å². The number of rotatable bonds is 4. The average molecular weight is 238 g/mol. The summed E-state index contributed by atoms with van der Waals surface area (Å²) in [7, 11) is 3.66. The maximum Gasteiger partial charge on any atom is 0.231 e. The molecule has 1 aliphatic carbocycles. The van der Waals surface area contributed by atoms with Crippen molar-refractivity contribution in [1.82, 2.24) is 15.0 Å². The molecule has 0 aromatic carbocycles. The van der Waals surface area contributed by atoms with Crippen LogP contribution in [-0.2, 0) is 0 Å². The molecule has 7 nitrogen and oxygen atoms in total. The lowest BCUT2D eigenvalue weighted by Gasteiger charge is -2.36. The molecule has 0 bridgehead atoms. The van der Waals surface area contributed by atoms with Crippen LogP contribution in [0, 0.1) is 0 Å². The van der Waals surface area contributed by atoms with E-state index in [4.69, 9.17) is 5.73 Å². The first kappa shape index (κ1) is 11.8. The summed E-state index contributed by atoms with van der Waals surface area (Å²) in [6, 6.07) is 0. The number of anilines is 3. The highest BCUT2D eigenvalue weighted by molar-refractivity contribution is 5.41. The van der Waals surface area contributed by atoms with Crippen LogP contribution in [0.2, 0.25) is 0 Å². The van der Waals surface area contributed by atoms with Crippen molar-refractivity contribution in [3.63, 3.8) is 0 Å². The first-order chi connectivity index (χ1) is 7.98. The van der Waals surface area contributed by atoms with E-state index in [1.54, 1.807) is 4.90 Å².